The van der Waals surface area contributed by atoms with Gasteiger partial charge in [-0.05, 0) is 17.9 Å². The first-order chi connectivity index (χ1) is 12.6. The first kappa shape index (κ1) is 21.4. The molecule has 2 rings (SSSR count). The summed E-state index contributed by atoms with van der Waals surface area (Å²) in [7, 11) is 0. The largest absolute Gasteiger partial charge is 0.598 e. The molecule has 0 saturated carbocycles. The number of nitrogens with zero attached hydrogens (tertiary/aromatic N) is 1. The number of hydroxylamine groups is 4. The second kappa shape index (κ2) is 11.7. The minimum atomic E-state index is -1.04. The number of hydrogen-bond acceptors (Lipinski definition) is 2. The molecule has 1 aromatic rings. The third kappa shape index (κ3) is 7.77. The van der Waals surface area contributed by atoms with Crippen LogP contribution in [0.25, 0.3) is 0 Å². The van der Waals surface area contributed by atoms with E-state index >= 15 is 0 Å². The molecule has 0 bridgehead atoms. The van der Waals surface area contributed by atoms with Crippen LogP contribution < -0.4 is 0 Å². The van der Waals surface area contributed by atoms with Gasteiger partial charge in [-0.2, -0.15) is 0 Å². The van der Waals surface area contributed by atoms with Crippen molar-refractivity contribution in [2.45, 2.75) is 89.9 Å². The van der Waals surface area contributed by atoms with Crippen LogP contribution in [-0.4, -0.2) is 23.1 Å². The molecule has 3 atom stereocenters. The summed E-state index contributed by atoms with van der Waals surface area (Å²) in [4.78, 5) is -1.04. The fourth-order valence-corrected chi connectivity index (χ4v) is 4.49. The molecular weight excluding hydrogens is 322 g/mol. The van der Waals surface area contributed by atoms with Gasteiger partial charge >= 0.3 is 0 Å². The third-order valence-electron chi connectivity index (χ3n) is 6.03. The normalized spacial score (nSPS) is 26.1. The van der Waals surface area contributed by atoms with Gasteiger partial charge in [0, 0.05) is 12.3 Å². The SMILES string of the molecule is CCCCCCCCCCCCC1C[N+]([O-])(O)CCC1c1ccccc1. The van der Waals surface area contributed by atoms with Crippen LogP contribution >= 0.6 is 0 Å². The van der Waals surface area contributed by atoms with Crippen LogP contribution in [0.4, 0.5) is 0 Å². The quantitative estimate of drug-likeness (QED) is 0.252. The summed E-state index contributed by atoms with van der Waals surface area (Å²) in [5.74, 6) is 0.741. The highest BCUT2D eigenvalue weighted by atomic mass is 16.8. The summed E-state index contributed by atoms with van der Waals surface area (Å²) in [5, 5.41) is 22.0. The van der Waals surface area contributed by atoms with Gasteiger partial charge in [-0.1, -0.05) is 101 Å². The molecule has 1 aliphatic heterocycles. The van der Waals surface area contributed by atoms with Crippen LogP contribution in [0.15, 0.2) is 30.3 Å². The smallest absolute Gasteiger partial charge is 0.112 e. The lowest BCUT2D eigenvalue weighted by atomic mass is 9.78. The first-order valence-corrected chi connectivity index (χ1v) is 11.0. The molecule has 1 aromatic carbocycles. The van der Waals surface area contributed by atoms with Gasteiger partial charge in [0.1, 0.15) is 13.1 Å². The number of piperidine rings is 1. The predicted molar refractivity (Wildman–Crippen MR) is 109 cm³/mol. The molecule has 1 fully saturated rings. The number of hydrogen-bond donors (Lipinski definition) is 1. The topological polar surface area (TPSA) is 43.3 Å². The highest BCUT2D eigenvalue weighted by Crippen LogP contribution is 2.37. The Kier molecular flexibility index (Phi) is 9.66. The summed E-state index contributed by atoms with van der Waals surface area (Å²) < 4.78 is 0. The molecule has 3 nitrogen and oxygen atoms in total. The molecule has 1 aliphatic rings. The zero-order chi connectivity index (χ0) is 18.7. The maximum absolute atomic E-state index is 12.1. The number of rotatable bonds is 12. The summed E-state index contributed by atoms with van der Waals surface area (Å²) in [6.45, 7) is 2.95. The van der Waals surface area contributed by atoms with Crippen molar-refractivity contribution in [3.05, 3.63) is 41.1 Å². The standard InChI is InChI=1S/C23H39NO2/c1-2-3-4-5-6-7-8-9-10-12-17-22-20-24(25,26)19-18-23(22)21-15-13-11-14-16-21/h11,13-16,22-23,25H,2-10,12,17-20H2,1H3. The molecule has 0 aliphatic carbocycles. The Balaban J connectivity index is 1.66. The van der Waals surface area contributed by atoms with Crippen molar-refractivity contribution in [3.63, 3.8) is 0 Å². The van der Waals surface area contributed by atoms with E-state index in [1.54, 1.807) is 0 Å². The summed E-state index contributed by atoms with van der Waals surface area (Å²) in [6.07, 6.45) is 15.2. The average Bonchev–Trinajstić information content (AvgIpc) is 2.63. The first-order valence-electron chi connectivity index (χ1n) is 11.0. The maximum Gasteiger partial charge on any atom is 0.112 e. The van der Waals surface area contributed by atoms with E-state index in [1.807, 2.05) is 6.07 Å². The van der Waals surface area contributed by atoms with Crippen LogP contribution in [0.3, 0.4) is 0 Å². The van der Waals surface area contributed by atoms with Crippen molar-refractivity contribution in [3.8, 4) is 0 Å². The van der Waals surface area contributed by atoms with Gasteiger partial charge in [0.2, 0.25) is 0 Å². The Morgan fingerprint density at radius 1 is 0.923 bits per heavy atom. The van der Waals surface area contributed by atoms with Gasteiger partial charge in [-0.3, -0.25) is 0 Å². The van der Waals surface area contributed by atoms with Gasteiger partial charge in [0.05, 0.1) is 0 Å². The summed E-state index contributed by atoms with van der Waals surface area (Å²) in [6, 6.07) is 10.6. The molecule has 0 spiro atoms. The highest BCUT2D eigenvalue weighted by Gasteiger charge is 2.35. The van der Waals surface area contributed by atoms with E-state index < -0.39 is 4.81 Å². The molecular formula is C23H39NO2. The van der Waals surface area contributed by atoms with E-state index in [4.69, 9.17) is 0 Å². The van der Waals surface area contributed by atoms with Gasteiger partial charge in [0.15, 0.2) is 0 Å². The minimum Gasteiger partial charge on any atom is -0.598 e. The van der Waals surface area contributed by atoms with Crippen LogP contribution in [0.1, 0.15) is 95.5 Å². The highest BCUT2D eigenvalue weighted by molar-refractivity contribution is 5.20. The number of quaternary nitrogens is 1. The van der Waals surface area contributed by atoms with Crippen LogP contribution in [0.2, 0.25) is 0 Å². The molecule has 148 valence electrons. The third-order valence-corrected chi connectivity index (χ3v) is 6.03. The Morgan fingerprint density at radius 2 is 1.50 bits per heavy atom. The fourth-order valence-electron chi connectivity index (χ4n) is 4.49. The average molecular weight is 362 g/mol. The number of benzene rings is 1. The monoisotopic (exact) mass is 361 g/mol. The molecule has 26 heavy (non-hydrogen) atoms. The lowest BCUT2D eigenvalue weighted by Gasteiger charge is -2.44. The van der Waals surface area contributed by atoms with Gasteiger partial charge in [-0.15, -0.1) is 0 Å². The van der Waals surface area contributed by atoms with Gasteiger partial charge in [0.25, 0.3) is 0 Å². The predicted octanol–water partition coefficient (Wildman–Crippen LogP) is 6.80. The molecule has 0 aromatic heterocycles. The Labute approximate surface area is 160 Å². The van der Waals surface area contributed by atoms with Crippen LogP contribution in [0, 0.1) is 11.1 Å². The van der Waals surface area contributed by atoms with E-state index in [0.29, 0.717) is 24.9 Å². The zero-order valence-electron chi connectivity index (χ0n) is 16.7. The summed E-state index contributed by atoms with van der Waals surface area (Å²) in [5.41, 5.74) is 1.34. The molecule has 1 saturated heterocycles. The van der Waals surface area contributed by atoms with Crippen LogP contribution in [-0.2, 0) is 0 Å². The minimum absolute atomic E-state index is 0.308. The number of unbranched alkanes of at least 4 members (excludes halogenated alkanes) is 9. The van der Waals surface area contributed by atoms with E-state index in [0.717, 1.165) is 12.8 Å². The van der Waals surface area contributed by atoms with Crippen molar-refractivity contribution in [1.29, 1.82) is 0 Å². The van der Waals surface area contributed by atoms with Crippen molar-refractivity contribution in [2.24, 2.45) is 5.92 Å². The van der Waals surface area contributed by atoms with Crippen molar-refractivity contribution in [1.82, 2.24) is 0 Å². The molecule has 1 N–H and O–H groups in total. The Bertz CT molecular complexity index is 474. The zero-order valence-corrected chi connectivity index (χ0v) is 16.7. The summed E-state index contributed by atoms with van der Waals surface area (Å²) >= 11 is 0. The second-order valence-corrected chi connectivity index (χ2v) is 8.29. The molecule has 0 amide bonds. The van der Waals surface area contributed by atoms with Gasteiger partial charge in [-0.25, -0.2) is 10.0 Å². The Hall–Kier alpha value is -0.900. The van der Waals surface area contributed by atoms with Crippen molar-refractivity contribution in [2.75, 3.05) is 13.1 Å². The maximum atomic E-state index is 12.1. The van der Waals surface area contributed by atoms with E-state index in [-0.39, 0.29) is 0 Å². The fraction of sp³-hybridized carbons (Fsp3) is 0.739. The van der Waals surface area contributed by atoms with Crippen molar-refractivity contribution < 1.29 is 10.0 Å². The van der Waals surface area contributed by atoms with Crippen molar-refractivity contribution >= 4 is 0 Å². The molecule has 0 radical (unpaired) electrons. The molecule has 1 heterocycles. The van der Waals surface area contributed by atoms with Gasteiger partial charge < -0.3 is 5.21 Å². The van der Waals surface area contributed by atoms with E-state index in [1.165, 1.54) is 69.8 Å². The second-order valence-electron chi connectivity index (χ2n) is 8.29. The Morgan fingerprint density at radius 3 is 2.12 bits per heavy atom. The molecule has 3 heteroatoms. The van der Waals surface area contributed by atoms with Crippen LogP contribution in [0.5, 0.6) is 0 Å². The lowest BCUT2D eigenvalue weighted by molar-refractivity contribution is -1.07. The van der Waals surface area contributed by atoms with E-state index in [9.17, 15) is 10.4 Å². The van der Waals surface area contributed by atoms with E-state index in [2.05, 4.69) is 31.2 Å². The molecule has 3 unspecified atom stereocenters. The lowest BCUT2D eigenvalue weighted by Crippen LogP contribution is -2.49.